The number of thiocarbonyl (C=S) groups is 1. The van der Waals surface area contributed by atoms with Gasteiger partial charge in [0, 0.05) is 29.5 Å². The van der Waals surface area contributed by atoms with E-state index in [1.807, 2.05) is 18.2 Å². The number of benzene rings is 2. The molecule has 0 aliphatic carbocycles. The van der Waals surface area contributed by atoms with Gasteiger partial charge in [0.25, 0.3) is 5.69 Å². The molecular formula is C18H17N3O4S. The molecule has 1 amide bonds. The summed E-state index contributed by atoms with van der Waals surface area (Å²) in [4.78, 5) is 22.3. The number of ether oxygens (including phenoxy) is 1. The summed E-state index contributed by atoms with van der Waals surface area (Å²) in [5.74, 6) is 0.242. The Bertz CT molecular complexity index is 880. The molecule has 7 nitrogen and oxygen atoms in total. The molecule has 0 unspecified atom stereocenters. The third-order valence-electron chi connectivity index (χ3n) is 3.46. The minimum Gasteiger partial charge on any atom is -0.496 e. The zero-order valence-electron chi connectivity index (χ0n) is 14.2. The van der Waals surface area contributed by atoms with E-state index in [4.69, 9.17) is 17.0 Å². The Morgan fingerprint density at radius 1 is 1.27 bits per heavy atom. The number of anilines is 1. The second kappa shape index (κ2) is 8.72. The summed E-state index contributed by atoms with van der Waals surface area (Å²) in [7, 11) is 1.55. The number of carbonyl (C=O) groups is 1. The number of rotatable bonds is 5. The van der Waals surface area contributed by atoms with Gasteiger partial charge in [-0.1, -0.05) is 18.2 Å². The van der Waals surface area contributed by atoms with Crippen LogP contribution in [0.5, 0.6) is 5.75 Å². The molecule has 2 aromatic carbocycles. The van der Waals surface area contributed by atoms with Crippen molar-refractivity contribution in [2.75, 3.05) is 12.4 Å². The number of nitrogens with one attached hydrogen (secondary N) is 2. The van der Waals surface area contributed by atoms with E-state index < -0.39 is 10.8 Å². The molecule has 0 bridgehead atoms. The van der Waals surface area contributed by atoms with Crippen molar-refractivity contribution < 1.29 is 14.5 Å². The Labute approximate surface area is 155 Å². The second-order valence-corrected chi connectivity index (χ2v) is 5.68. The summed E-state index contributed by atoms with van der Waals surface area (Å²) >= 11 is 5.10. The number of non-ortho nitro benzene ring substituents is 1. The Balaban J connectivity index is 1.98. The number of hydrogen-bond acceptors (Lipinski definition) is 5. The Hall–Kier alpha value is -3.26. The predicted molar refractivity (Wildman–Crippen MR) is 104 cm³/mol. The Morgan fingerprint density at radius 3 is 2.65 bits per heavy atom. The monoisotopic (exact) mass is 371 g/mol. The van der Waals surface area contributed by atoms with E-state index in [1.54, 1.807) is 26.2 Å². The first-order chi connectivity index (χ1) is 12.4. The number of methoxy groups -OCH3 is 1. The highest BCUT2D eigenvalue weighted by Crippen LogP contribution is 2.21. The van der Waals surface area contributed by atoms with Crippen molar-refractivity contribution in [1.29, 1.82) is 0 Å². The van der Waals surface area contributed by atoms with Crippen LogP contribution in [0, 0.1) is 17.0 Å². The van der Waals surface area contributed by atoms with Gasteiger partial charge in [0.2, 0.25) is 5.91 Å². The molecule has 0 atom stereocenters. The highest BCUT2D eigenvalue weighted by atomic mass is 32.1. The van der Waals surface area contributed by atoms with Crippen molar-refractivity contribution in [3.8, 4) is 5.75 Å². The van der Waals surface area contributed by atoms with Crippen molar-refractivity contribution in [2.45, 2.75) is 6.92 Å². The van der Waals surface area contributed by atoms with Crippen LogP contribution in [0.25, 0.3) is 6.08 Å². The van der Waals surface area contributed by atoms with Gasteiger partial charge >= 0.3 is 0 Å². The van der Waals surface area contributed by atoms with Gasteiger partial charge in [0.15, 0.2) is 5.11 Å². The van der Waals surface area contributed by atoms with Crippen LogP contribution >= 0.6 is 12.2 Å². The Morgan fingerprint density at radius 2 is 2.00 bits per heavy atom. The minimum absolute atomic E-state index is 0.0113. The molecule has 26 heavy (non-hydrogen) atoms. The van der Waals surface area contributed by atoms with Gasteiger partial charge in [0.05, 0.1) is 12.0 Å². The summed E-state index contributed by atoms with van der Waals surface area (Å²) in [6.07, 6.45) is 2.96. The lowest BCUT2D eigenvalue weighted by atomic mass is 10.2. The SMILES string of the molecule is COc1ccccc1/C=C/C(=O)NC(=S)Nc1ccc([N+](=O)[O-])cc1C. The largest absolute Gasteiger partial charge is 0.496 e. The molecule has 8 heteroatoms. The molecule has 2 aromatic rings. The number of nitro benzene ring substituents is 1. The fourth-order valence-corrected chi connectivity index (χ4v) is 2.39. The number of aryl methyl sites for hydroxylation is 1. The maximum atomic E-state index is 12.0. The van der Waals surface area contributed by atoms with E-state index in [0.29, 0.717) is 17.0 Å². The fraction of sp³-hybridized carbons (Fsp3) is 0.111. The zero-order valence-corrected chi connectivity index (χ0v) is 15.0. The zero-order chi connectivity index (χ0) is 19.1. The molecule has 0 saturated heterocycles. The average Bonchev–Trinajstić information content (AvgIpc) is 2.61. The number of nitrogens with zero attached hydrogens (tertiary/aromatic N) is 1. The fourth-order valence-electron chi connectivity index (χ4n) is 2.18. The molecule has 0 radical (unpaired) electrons. The first-order valence-electron chi connectivity index (χ1n) is 7.59. The molecule has 0 saturated carbocycles. The molecule has 0 spiro atoms. The van der Waals surface area contributed by atoms with E-state index in [1.165, 1.54) is 24.3 Å². The number of carbonyl (C=O) groups excluding carboxylic acids is 1. The number of para-hydroxylation sites is 1. The van der Waals surface area contributed by atoms with Crippen molar-refractivity contribution in [2.24, 2.45) is 0 Å². The lowest BCUT2D eigenvalue weighted by Gasteiger charge is -2.10. The van der Waals surface area contributed by atoms with Crippen molar-refractivity contribution in [3.05, 3.63) is 69.8 Å². The molecule has 0 aliphatic heterocycles. The van der Waals surface area contributed by atoms with Gasteiger partial charge in [-0.25, -0.2) is 0 Å². The molecule has 0 heterocycles. The van der Waals surface area contributed by atoms with E-state index >= 15 is 0 Å². The minimum atomic E-state index is -0.473. The van der Waals surface area contributed by atoms with Gasteiger partial charge in [-0.2, -0.15) is 0 Å². The van der Waals surface area contributed by atoms with Crippen molar-refractivity contribution in [1.82, 2.24) is 5.32 Å². The highest BCUT2D eigenvalue weighted by Gasteiger charge is 2.09. The van der Waals surface area contributed by atoms with E-state index in [-0.39, 0.29) is 10.8 Å². The standard InChI is InChI=1S/C18H17N3O4S/c1-12-11-14(21(23)24)8-9-15(12)19-18(26)20-17(22)10-7-13-5-3-4-6-16(13)25-2/h3-11H,1-2H3,(H2,19,20,22,26)/b10-7+. The summed E-state index contributed by atoms with van der Waals surface area (Å²) in [5, 5.41) is 16.2. The molecule has 134 valence electrons. The topological polar surface area (TPSA) is 93.5 Å². The molecule has 2 N–H and O–H groups in total. The summed E-state index contributed by atoms with van der Waals surface area (Å²) in [6, 6.07) is 11.6. The third kappa shape index (κ3) is 5.12. The molecular weight excluding hydrogens is 354 g/mol. The van der Waals surface area contributed by atoms with E-state index in [2.05, 4.69) is 10.6 Å². The van der Waals surface area contributed by atoms with Gasteiger partial charge in [-0.05, 0) is 42.9 Å². The lowest BCUT2D eigenvalue weighted by Crippen LogP contribution is -2.33. The first kappa shape index (κ1) is 19.1. The van der Waals surface area contributed by atoms with Crippen LogP contribution in [0.3, 0.4) is 0 Å². The van der Waals surface area contributed by atoms with Crippen molar-refractivity contribution in [3.63, 3.8) is 0 Å². The van der Waals surface area contributed by atoms with Crippen LogP contribution in [0.4, 0.5) is 11.4 Å². The van der Waals surface area contributed by atoms with Gasteiger partial charge in [-0.15, -0.1) is 0 Å². The molecule has 2 rings (SSSR count). The van der Waals surface area contributed by atoms with Gasteiger partial charge in [0.1, 0.15) is 5.75 Å². The summed E-state index contributed by atoms with van der Waals surface area (Å²) in [6.45, 7) is 1.71. The third-order valence-corrected chi connectivity index (χ3v) is 3.66. The van der Waals surface area contributed by atoms with E-state index in [0.717, 1.165) is 5.56 Å². The predicted octanol–water partition coefficient (Wildman–Crippen LogP) is 3.44. The Kier molecular flexibility index (Phi) is 6.40. The van der Waals surface area contributed by atoms with Crippen LogP contribution in [-0.2, 0) is 4.79 Å². The maximum Gasteiger partial charge on any atom is 0.269 e. The lowest BCUT2D eigenvalue weighted by molar-refractivity contribution is -0.384. The molecule has 0 fully saturated rings. The van der Waals surface area contributed by atoms with Crippen LogP contribution in [-0.4, -0.2) is 23.1 Å². The van der Waals surface area contributed by atoms with Crippen molar-refractivity contribution >= 4 is 40.7 Å². The van der Waals surface area contributed by atoms with Crippen LogP contribution in [0.2, 0.25) is 0 Å². The maximum absolute atomic E-state index is 12.0. The molecule has 0 aliphatic rings. The number of nitro groups is 1. The smallest absolute Gasteiger partial charge is 0.269 e. The first-order valence-corrected chi connectivity index (χ1v) is 7.99. The van der Waals surface area contributed by atoms with E-state index in [9.17, 15) is 14.9 Å². The number of hydrogen-bond donors (Lipinski definition) is 2. The van der Waals surface area contributed by atoms with Crippen LogP contribution in [0.15, 0.2) is 48.5 Å². The quantitative estimate of drug-likeness (QED) is 0.362. The summed E-state index contributed by atoms with van der Waals surface area (Å²) in [5.41, 5.74) is 1.97. The normalized spacial score (nSPS) is 10.4. The van der Waals surface area contributed by atoms with Gasteiger partial charge < -0.3 is 10.1 Å². The second-order valence-electron chi connectivity index (χ2n) is 5.27. The highest BCUT2D eigenvalue weighted by molar-refractivity contribution is 7.80. The van der Waals surface area contributed by atoms with Crippen LogP contribution in [0.1, 0.15) is 11.1 Å². The molecule has 0 aromatic heterocycles. The number of amides is 1. The van der Waals surface area contributed by atoms with Gasteiger partial charge in [-0.3, -0.25) is 20.2 Å². The average molecular weight is 371 g/mol. The summed E-state index contributed by atoms with van der Waals surface area (Å²) < 4.78 is 5.21. The van der Waals surface area contributed by atoms with Crippen LogP contribution < -0.4 is 15.4 Å².